The Hall–Kier alpha value is -0.980. The highest BCUT2D eigenvalue weighted by molar-refractivity contribution is 7.15. The van der Waals surface area contributed by atoms with E-state index in [-0.39, 0.29) is 15.5 Å². The molecule has 0 bridgehead atoms. The van der Waals surface area contributed by atoms with E-state index in [9.17, 15) is 10.1 Å². The van der Waals surface area contributed by atoms with Gasteiger partial charge in [-0.2, -0.15) is 0 Å². The van der Waals surface area contributed by atoms with Crippen LogP contribution in [0.2, 0.25) is 0 Å². The Balaban J connectivity index is 1.79. The molecular weight excluding hydrogens is 240 g/mol. The van der Waals surface area contributed by atoms with Crippen LogP contribution in [0.4, 0.5) is 5.00 Å². The van der Waals surface area contributed by atoms with E-state index in [4.69, 9.17) is 4.74 Å². The maximum atomic E-state index is 10.5. The monoisotopic (exact) mass is 256 g/mol. The molecule has 1 fully saturated rings. The highest BCUT2D eigenvalue weighted by atomic mass is 32.1. The summed E-state index contributed by atoms with van der Waals surface area (Å²) >= 11 is 1.22. The summed E-state index contributed by atoms with van der Waals surface area (Å²) in [5, 5.41) is 14.0. The van der Waals surface area contributed by atoms with Crippen LogP contribution in [0.15, 0.2) is 12.1 Å². The molecule has 1 heterocycles. The maximum absolute atomic E-state index is 10.5. The minimum atomic E-state index is -0.350. The first-order valence-electron chi connectivity index (χ1n) is 5.64. The molecule has 0 amide bonds. The Labute approximate surface area is 104 Å². The zero-order chi connectivity index (χ0) is 12.3. The molecule has 0 unspecified atom stereocenters. The number of nitro groups is 1. The van der Waals surface area contributed by atoms with E-state index in [1.165, 1.54) is 17.8 Å². The summed E-state index contributed by atoms with van der Waals surface area (Å²) in [6, 6.07) is 3.35. The van der Waals surface area contributed by atoms with Crippen LogP contribution in [-0.4, -0.2) is 24.2 Å². The molecule has 1 aliphatic carbocycles. The first kappa shape index (κ1) is 12.5. The predicted octanol–water partition coefficient (Wildman–Crippen LogP) is 2.32. The number of ether oxygens (including phenoxy) is 1. The average molecular weight is 256 g/mol. The molecule has 94 valence electrons. The van der Waals surface area contributed by atoms with Gasteiger partial charge < -0.3 is 10.1 Å². The molecule has 1 aromatic heterocycles. The summed E-state index contributed by atoms with van der Waals surface area (Å²) in [5.41, 5.74) is 0.00317. The number of rotatable bonds is 6. The third kappa shape index (κ3) is 2.83. The molecule has 1 N–H and O–H groups in total. The van der Waals surface area contributed by atoms with Crippen molar-refractivity contribution in [3.05, 3.63) is 27.1 Å². The first-order valence-corrected chi connectivity index (χ1v) is 6.46. The van der Waals surface area contributed by atoms with Gasteiger partial charge in [0.25, 0.3) is 0 Å². The molecular formula is C11H16N2O3S. The fourth-order valence-electron chi connectivity index (χ4n) is 2.00. The van der Waals surface area contributed by atoms with Crippen LogP contribution in [0, 0.1) is 10.1 Å². The van der Waals surface area contributed by atoms with E-state index < -0.39 is 0 Å². The number of hydrogen-bond acceptors (Lipinski definition) is 5. The molecule has 5 nitrogen and oxygen atoms in total. The van der Waals surface area contributed by atoms with Crippen LogP contribution in [0.1, 0.15) is 24.1 Å². The highest BCUT2D eigenvalue weighted by Crippen LogP contribution is 2.34. The summed E-state index contributed by atoms with van der Waals surface area (Å²) in [5.74, 6) is 0. The van der Waals surface area contributed by atoms with Gasteiger partial charge in [-0.1, -0.05) is 11.3 Å². The number of nitrogens with one attached hydrogen (secondary N) is 1. The van der Waals surface area contributed by atoms with E-state index in [0.29, 0.717) is 6.54 Å². The van der Waals surface area contributed by atoms with Gasteiger partial charge in [0.05, 0.1) is 10.5 Å². The van der Waals surface area contributed by atoms with Crippen molar-refractivity contribution in [3.63, 3.8) is 0 Å². The molecule has 6 heteroatoms. The SMILES string of the molecule is COC1(CNCc2ccc([N+](=O)[O-])s2)CCC1. The first-order chi connectivity index (χ1) is 8.15. The summed E-state index contributed by atoms with van der Waals surface area (Å²) < 4.78 is 5.49. The molecule has 2 rings (SSSR count). The van der Waals surface area contributed by atoms with Gasteiger partial charge in [0.1, 0.15) is 0 Å². The predicted molar refractivity (Wildman–Crippen MR) is 66.3 cm³/mol. The van der Waals surface area contributed by atoms with Crippen molar-refractivity contribution >= 4 is 16.3 Å². The second-order valence-electron chi connectivity index (χ2n) is 4.34. The number of hydrogen-bond donors (Lipinski definition) is 1. The van der Waals surface area contributed by atoms with Crippen LogP contribution < -0.4 is 5.32 Å². The summed E-state index contributed by atoms with van der Waals surface area (Å²) in [7, 11) is 1.75. The molecule has 17 heavy (non-hydrogen) atoms. The van der Waals surface area contributed by atoms with E-state index in [0.717, 1.165) is 24.3 Å². The highest BCUT2D eigenvalue weighted by Gasteiger charge is 2.36. The molecule has 1 saturated carbocycles. The van der Waals surface area contributed by atoms with Gasteiger partial charge in [-0.3, -0.25) is 10.1 Å². The maximum Gasteiger partial charge on any atom is 0.324 e. The molecule has 0 saturated heterocycles. The van der Waals surface area contributed by atoms with Gasteiger partial charge in [-0.05, 0) is 25.3 Å². The number of methoxy groups -OCH3 is 1. The fourth-order valence-corrected chi connectivity index (χ4v) is 2.79. The van der Waals surface area contributed by atoms with E-state index in [1.54, 1.807) is 19.2 Å². The van der Waals surface area contributed by atoms with E-state index in [1.807, 2.05) is 0 Å². The molecule has 0 aliphatic heterocycles. The largest absolute Gasteiger partial charge is 0.377 e. The van der Waals surface area contributed by atoms with Crippen molar-refractivity contribution < 1.29 is 9.66 Å². The zero-order valence-corrected chi connectivity index (χ0v) is 10.6. The molecule has 1 aromatic rings. The third-order valence-electron chi connectivity index (χ3n) is 3.27. The lowest BCUT2D eigenvalue weighted by atomic mass is 9.80. The molecule has 0 atom stereocenters. The Morgan fingerprint density at radius 3 is 2.82 bits per heavy atom. The lowest BCUT2D eigenvalue weighted by molar-refractivity contribution is -0.380. The zero-order valence-electron chi connectivity index (χ0n) is 9.77. The topological polar surface area (TPSA) is 64.4 Å². The van der Waals surface area contributed by atoms with Crippen molar-refractivity contribution in [3.8, 4) is 0 Å². The summed E-state index contributed by atoms with van der Waals surface area (Å²) in [6.45, 7) is 1.48. The smallest absolute Gasteiger partial charge is 0.324 e. The summed E-state index contributed by atoms with van der Waals surface area (Å²) in [4.78, 5) is 11.2. The van der Waals surface area contributed by atoms with Crippen molar-refractivity contribution in [2.45, 2.75) is 31.4 Å². The molecule has 1 aliphatic rings. The van der Waals surface area contributed by atoms with Crippen molar-refractivity contribution in [1.29, 1.82) is 0 Å². The van der Waals surface area contributed by atoms with Gasteiger partial charge in [0, 0.05) is 31.1 Å². The van der Waals surface area contributed by atoms with Crippen molar-refractivity contribution in [2.75, 3.05) is 13.7 Å². The van der Waals surface area contributed by atoms with Gasteiger partial charge in [-0.25, -0.2) is 0 Å². The standard InChI is InChI=1S/C11H16N2O3S/c1-16-11(5-2-6-11)8-12-7-9-3-4-10(17-9)13(14)15/h3-4,12H,2,5-8H2,1H3. The van der Waals surface area contributed by atoms with Crippen molar-refractivity contribution in [1.82, 2.24) is 5.32 Å². The van der Waals surface area contributed by atoms with Crippen molar-refractivity contribution in [2.24, 2.45) is 0 Å². The third-order valence-corrected chi connectivity index (χ3v) is 4.31. The lowest BCUT2D eigenvalue weighted by Crippen LogP contribution is -2.47. The van der Waals surface area contributed by atoms with Crippen LogP contribution in [0.3, 0.4) is 0 Å². The van der Waals surface area contributed by atoms with Gasteiger partial charge >= 0.3 is 5.00 Å². The Morgan fingerprint density at radius 2 is 2.35 bits per heavy atom. The van der Waals surface area contributed by atoms with Crippen LogP contribution in [0.25, 0.3) is 0 Å². The van der Waals surface area contributed by atoms with E-state index in [2.05, 4.69) is 5.32 Å². The van der Waals surface area contributed by atoms with Gasteiger partial charge in [0.15, 0.2) is 0 Å². The van der Waals surface area contributed by atoms with Crippen LogP contribution in [-0.2, 0) is 11.3 Å². The fraction of sp³-hybridized carbons (Fsp3) is 0.636. The van der Waals surface area contributed by atoms with Crippen LogP contribution >= 0.6 is 11.3 Å². The van der Waals surface area contributed by atoms with Crippen LogP contribution in [0.5, 0.6) is 0 Å². The Kier molecular flexibility index (Phi) is 3.76. The Morgan fingerprint density at radius 1 is 1.59 bits per heavy atom. The lowest BCUT2D eigenvalue weighted by Gasteiger charge is -2.40. The summed E-state index contributed by atoms with van der Waals surface area (Å²) in [6.07, 6.45) is 3.42. The molecule has 0 aromatic carbocycles. The minimum Gasteiger partial charge on any atom is -0.377 e. The van der Waals surface area contributed by atoms with Gasteiger partial charge in [-0.15, -0.1) is 0 Å². The molecule has 0 radical (unpaired) electrons. The number of thiophene rings is 1. The Bertz CT molecular complexity index is 396. The number of nitrogens with zero attached hydrogens (tertiary/aromatic N) is 1. The second-order valence-corrected chi connectivity index (χ2v) is 5.49. The van der Waals surface area contributed by atoms with E-state index >= 15 is 0 Å². The average Bonchev–Trinajstić information content (AvgIpc) is 2.71. The second kappa shape index (κ2) is 5.12. The minimum absolute atomic E-state index is 0.00317. The van der Waals surface area contributed by atoms with Gasteiger partial charge in [0.2, 0.25) is 0 Å². The quantitative estimate of drug-likeness (QED) is 0.626. The molecule has 0 spiro atoms. The normalized spacial score (nSPS) is 17.7.